The van der Waals surface area contributed by atoms with Crippen LogP contribution in [-0.2, 0) is 13.8 Å². The number of hydrogen-bond acceptors (Lipinski definition) is 3. The standard InChI is InChI=1S/C13H25ClO3S/c1-3-6-12(10-18(14,15)16)9-17-13-8-5-4-7-11(13)2/h11-13H,3-10H2,1-2H3. The Morgan fingerprint density at radius 2 is 2.00 bits per heavy atom. The maximum atomic E-state index is 11.1. The van der Waals surface area contributed by atoms with Gasteiger partial charge in [0.15, 0.2) is 0 Å². The summed E-state index contributed by atoms with van der Waals surface area (Å²) in [6, 6.07) is 0. The van der Waals surface area contributed by atoms with Gasteiger partial charge in [-0.25, -0.2) is 8.42 Å². The van der Waals surface area contributed by atoms with Gasteiger partial charge in [0.1, 0.15) is 0 Å². The molecule has 0 aromatic heterocycles. The molecule has 0 N–H and O–H groups in total. The van der Waals surface area contributed by atoms with Crippen molar-refractivity contribution in [3.63, 3.8) is 0 Å². The minimum absolute atomic E-state index is 0.0312. The molecule has 1 aliphatic carbocycles. The first kappa shape index (κ1) is 16.3. The lowest BCUT2D eigenvalue weighted by molar-refractivity contribution is -0.0199. The van der Waals surface area contributed by atoms with E-state index in [1.54, 1.807) is 0 Å². The molecule has 0 amide bonds. The van der Waals surface area contributed by atoms with E-state index in [1.165, 1.54) is 19.3 Å². The third-order valence-corrected chi connectivity index (χ3v) is 4.96. The zero-order chi connectivity index (χ0) is 13.6. The molecule has 0 aliphatic heterocycles. The Balaban J connectivity index is 2.40. The highest BCUT2D eigenvalue weighted by Crippen LogP contribution is 2.27. The van der Waals surface area contributed by atoms with E-state index >= 15 is 0 Å². The second-order valence-electron chi connectivity index (χ2n) is 5.49. The summed E-state index contributed by atoms with van der Waals surface area (Å²) in [6.07, 6.45) is 6.95. The van der Waals surface area contributed by atoms with Gasteiger partial charge < -0.3 is 4.74 Å². The van der Waals surface area contributed by atoms with Crippen LogP contribution in [0.25, 0.3) is 0 Å². The molecule has 1 saturated carbocycles. The van der Waals surface area contributed by atoms with E-state index in [9.17, 15) is 8.42 Å². The van der Waals surface area contributed by atoms with Gasteiger partial charge in [0, 0.05) is 10.7 Å². The van der Waals surface area contributed by atoms with E-state index in [0.717, 1.165) is 19.3 Å². The van der Waals surface area contributed by atoms with Gasteiger partial charge in [-0.2, -0.15) is 0 Å². The molecule has 1 rings (SSSR count). The fourth-order valence-corrected chi connectivity index (χ4v) is 4.05. The van der Waals surface area contributed by atoms with Gasteiger partial charge in [0.2, 0.25) is 9.05 Å². The van der Waals surface area contributed by atoms with E-state index < -0.39 is 9.05 Å². The first-order valence-corrected chi connectivity index (χ1v) is 9.44. The molecular formula is C13H25ClO3S. The van der Waals surface area contributed by atoms with E-state index in [4.69, 9.17) is 15.4 Å². The van der Waals surface area contributed by atoms with Crippen LogP contribution >= 0.6 is 10.7 Å². The van der Waals surface area contributed by atoms with Crippen molar-refractivity contribution in [3.8, 4) is 0 Å². The fourth-order valence-electron chi connectivity index (χ4n) is 2.69. The molecule has 0 bridgehead atoms. The van der Waals surface area contributed by atoms with E-state index in [0.29, 0.717) is 18.6 Å². The summed E-state index contributed by atoms with van der Waals surface area (Å²) >= 11 is 0. The molecule has 0 radical (unpaired) electrons. The minimum atomic E-state index is -3.42. The summed E-state index contributed by atoms with van der Waals surface area (Å²) in [4.78, 5) is 0. The van der Waals surface area contributed by atoms with Crippen LogP contribution in [-0.4, -0.2) is 26.9 Å². The molecule has 1 fully saturated rings. The first-order valence-electron chi connectivity index (χ1n) is 6.96. The first-order chi connectivity index (χ1) is 8.42. The highest BCUT2D eigenvalue weighted by atomic mass is 35.7. The molecule has 1 aliphatic rings. The van der Waals surface area contributed by atoms with Crippen molar-refractivity contribution in [1.29, 1.82) is 0 Å². The summed E-state index contributed by atoms with van der Waals surface area (Å²) in [7, 11) is 1.91. The minimum Gasteiger partial charge on any atom is -0.378 e. The Labute approximate surface area is 116 Å². The van der Waals surface area contributed by atoms with Crippen molar-refractivity contribution in [2.24, 2.45) is 11.8 Å². The number of halogens is 1. The molecule has 5 heteroatoms. The summed E-state index contributed by atoms with van der Waals surface area (Å²) in [5.41, 5.74) is 0. The molecule has 0 spiro atoms. The van der Waals surface area contributed by atoms with Crippen LogP contribution in [0.2, 0.25) is 0 Å². The molecule has 0 aromatic rings. The van der Waals surface area contributed by atoms with Gasteiger partial charge in [-0.15, -0.1) is 0 Å². The molecule has 108 valence electrons. The zero-order valence-electron chi connectivity index (χ0n) is 11.4. The Bertz CT molecular complexity index is 329. The molecule has 3 nitrogen and oxygen atoms in total. The van der Waals surface area contributed by atoms with Gasteiger partial charge in [-0.3, -0.25) is 0 Å². The van der Waals surface area contributed by atoms with Crippen LogP contribution in [0.4, 0.5) is 0 Å². The van der Waals surface area contributed by atoms with Gasteiger partial charge in [-0.1, -0.05) is 33.1 Å². The van der Waals surface area contributed by atoms with Crippen molar-refractivity contribution in [3.05, 3.63) is 0 Å². The van der Waals surface area contributed by atoms with Crippen LogP contribution in [0, 0.1) is 11.8 Å². The number of ether oxygens (including phenoxy) is 1. The van der Waals surface area contributed by atoms with Crippen molar-refractivity contribution in [1.82, 2.24) is 0 Å². The van der Waals surface area contributed by atoms with Gasteiger partial charge in [0.05, 0.1) is 18.5 Å². The summed E-state index contributed by atoms with van der Waals surface area (Å²) < 4.78 is 28.2. The lowest BCUT2D eigenvalue weighted by Gasteiger charge is -2.30. The number of rotatable bonds is 7. The number of hydrogen-bond donors (Lipinski definition) is 0. The van der Waals surface area contributed by atoms with Crippen LogP contribution in [0.3, 0.4) is 0 Å². The summed E-state index contributed by atoms with van der Waals surface area (Å²) in [5.74, 6) is 0.656. The fraction of sp³-hybridized carbons (Fsp3) is 1.00. The second-order valence-corrected chi connectivity index (χ2v) is 8.32. The Kier molecular flexibility index (Phi) is 6.96. The molecule has 18 heavy (non-hydrogen) atoms. The maximum Gasteiger partial charge on any atom is 0.232 e. The van der Waals surface area contributed by atoms with Gasteiger partial charge in [0.25, 0.3) is 0 Å². The van der Waals surface area contributed by atoms with Crippen LogP contribution in [0.1, 0.15) is 52.4 Å². The lowest BCUT2D eigenvalue weighted by atomic mass is 9.88. The van der Waals surface area contributed by atoms with Crippen molar-refractivity contribution >= 4 is 19.7 Å². The highest BCUT2D eigenvalue weighted by molar-refractivity contribution is 8.13. The summed E-state index contributed by atoms with van der Waals surface area (Å²) in [6.45, 7) is 4.79. The Morgan fingerprint density at radius 3 is 2.56 bits per heavy atom. The van der Waals surface area contributed by atoms with Crippen LogP contribution in [0.5, 0.6) is 0 Å². The molecule has 3 atom stereocenters. The smallest absolute Gasteiger partial charge is 0.232 e. The third-order valence-electron chi connectivity index (χ3n) is 3.71. The molecule has 0 saturated heterocycles. The predicted molar refractivity (Wildman–Crippen MR) is 75.4 cm³/mol. The maximum absolute atomic E-state index is 11.1. The lowest BCUT2D eigenvalue weighted by Crippen LogP contribution is -2.29. The highest BCUT2D eigenvalue weighted by Gasteiger charge is 2.24. The van der Waals surface area contributed by atoms with Crippen molar-refractivity contribution in [2.75, 3.05) is 12.4 Å². The van der Waals surface area contributed by atoms with E-state index in [-0.39, 0.29) is 11.7 Å². The molecule has 0 aromatic carbocycles. The monoisotopic (exact) mass is 296 g/mol. The predicted octanol–water partition coefficient (Wildman–Crippen LogP) is 3.57. The van der Waals surface area contributed by atoms with Crippen molar-refractivity contribution < 1.29 is 13.2 Å². The Morgan fingerprint density at radius 1 is 1.33 bits per heavy atom. The largest absolute Gasteiger partial charge is 0.378 e. The van der Waals surface area contributed by atoms with Crippen LogP contribution < -0.4 is 0 Å². The molecule has 3 unspecified atom stereocenters. The molecular weight excluding hydrogens is 272 g/mol. The quantitative estimate of drug-likeness (QED) is 0.675. The zero-order valence-corrected chi connectivity index (χ0v) is 13.0. The van der Waals surface area contributed by atoms with E-state index in [1.807, 2.05) is 0 Å². The SMILES string of the molecule is CCCC(COC1CCCCC1C)CS(=O)(=O)Cl. The summed E-state index contributed by atoms with van der Waals surface area (Å²) in [5, 5.41) is 0. The topological polar surface area (TPSA) is 43.4 Å². The third kappa shape index (κ3) is 6.39. The van der Waals surface area contributed by atoms with E-state index in [2.05, 4.69) is 13.8 Å². The van der Waals surface area contributed by atoms with Crippen molar-refractivity contribution in [2.45, 2.75) is 58.5 Å². The second kappa shape index (κ2) is 7.71. The Hall–Kier alpha value is 0.200. The average Bonchev–Trinajstić information content (AvgIpc) is 2.26. The van der Waals surface area contributed by atoms with Gasteiger partial charge >= 0.3 is 0 Å². The normalized spacial score (nSPS) is 27.1. The molecule has 0 heterocycles. The van der Waals surface area contributed by atoms with Gasteiger partial charge in [-0.05, 0) is 31.1 Å². The van der Waals surface area contributed by atoms with Crippen LogP contribution in [0.15, 0.2) is 0 Å². The average molecular weight is 297 g/mol.